The largest absolute Gasteiger partial charge is 0.294 e. The first-order chi connectivity index (χ1) is 10.4. The Morgan fingerprint density at radius 2 is 1.86 bits per heavy atom. The number of Topliss-reactive ketones (excluding diaryl/α,β-unsaturated/α-hetero) is 1. The molecule has 0 amide bonds. The van der Waals surface area contributed by atoms with Crippen molar-refractivity contribution in [2.24, 2.45) is 0 Å². The van der Waals surface area contributed by atoms with Gasteiger partial charge in [0.25, 0.3) is 10.0 Å². The molecule has 7 nitrogen and oxygen atoms in total. The molecule has 1 aromatic heterocycles. The Labute approximate surface area is 127 Å². The van der Waals surface area contributed by atoms with Gasteiger partial charge < -0.3 is 0 Å². The average molecular weight is 322 g/mol. The van der Waals surface area contributed by atoms with Crippen molar-refractivity contribution in [2.45, 2.75) is 17.7 Å². The highest BCUT2D eigenvalue weighted by molar-refractivity contribution is 7.90. The zero-order valence-corrected chi connectivity index (χ0v) is 12.4. The van der Waals surface area contributed by atoms with Crippen LogP contribution in [0.5, 0.6) is 0 Å². The number of ketones is 1. The van der Waals surface area contributed by atoms with Crippen LogP contribution in [-0.4, -0.2) is 29.6 Å². The molecule has 22 heavy (non-hydrogen) atoms. The summed E-state index contributed by atoms with van der Waals surface area (Å²) in [6.45, 7) is -0.283. The third-order valence-electron chi connectivity index (χ3n) is 3.05. The Bertz CT molecular complexity index is 781. The summed E-state index contributed by atoms with van der Waals surface area (Å²) in [6.07, 6.45) is 2.67. The van der Waals surface area contributed by atoms with E-state index >= 15 is 0 Å². The quantitative estimate of drug-likeness (QED) is 0.441. The molecule has 2 rings (SSSR count). The molecule has 116 valence electrons. The summed E-state index contributed by atoms with van der Waals surface area (Å²) < 4.78 is 25.6. The number of nitro groups is 1. The van der Waals surface area contributed by atoms with E-state index in [-0.39, 0.29) is 35.6 Å². The normalized spacial score (nSPS) is 11.3. The first-order valence-corrected chi connectivity index (χ1v) is 7.99. The van der Waals surface area contributed by atoms with Gasteiger partial charge in [0.1, 0.15) is 0 Å². The van der Waals surface area contributed by atoms with Crippen LogP contribution in [0.1, 0.15) is 23.2 Å². The summed E-state index contributed by atoms with van der Waals surface area (Å²) in [7, 11) is -3.73. The van der Waals surface area contributed by atoms with E-state index in [9.17, 15) is 23.3 Å². The van der Waals surface area contributed by atoms with E-state index in [2.05, 4.69) is 0 Å². The first kappa shape index (κ1) is 15.9. The van der Waals surface area contributed by atoms with E-state index in [1.807, 2.05) is 0 Å². The van der Waals surface area contributed by atoms with Gasteiger partial charge in [-0.1, -0.05) is 18.2 Å². The Morgan fingerprint density at radius 3 is 2.50 bits per heavy atom. The second-order valence-electron chi connectivity index (χ2n) is 4.63. The van der Waals surface area contributed by atoms with E-state index in [4.69, 9.17) is 0 Å². The number of benzene rings is 1. The van der Waals surface area contributed by atoms with Crippen molar-refractivity contribution < 1.29 is 18.1 Å². The van der Waals surface area contributed by atoms with Crippen LogP contribution in [0.25, 0.3) is 0 Å². The van der Waals surface area contributed by atoms with Crippen LogP contribution in [0.15, 0.2) is 53.7 Å². The maximum atomic E-state index is 12.3. The van der Waals surface area contributed by atoms with Crippen LogP contribution in [-0.2, 0) is 10.0 Å². The molecule has 0 radical (unpaired) electrons. The number of nitrogens with zero attached hydrogens (tertiary/aromatic N) is 2. The van der Waals surface area contributed by atoms with Gasteiger partial charge in [-0.05, 0) is 18.2 Å². The fourth-order valence-electron chi connectivity index (χ4n) is 1.92. The van der Waals surface area contributed by atoms with E-state index < -0.39 is 14.9 Å². The zero-order chi connectivity index (χ0) is 16.2. The van der Waals surface area contributed by atoms with E-state index in [1.54, 1.807) is 18.2 Å². The molecule has 0 bridgehead atoms. The third-order valence-corrected chi connectivity index (χ3v) is 4.70. The third kappa shape index (κ3) is 3.59. The highest BCUT2D eigenvalue weighted by atomic mass is 32.2. The average Bonchev–Trinajstić information content (AvgIpc) is 2.98. The van der Waals surface area contributed by atoms with Gasteiger partial charge >= 0.3 is 0 Å². The second-order valence-corrected chi connectivity index (χ2v) is 6.47. The zero-order valence-electron chi connectivity index (χ0n) is 11.6. The standard InChI is InChI=1S/C14H14N2O5S/c17-14(7-4-9-16(18)19)12-8-10-15(11-12)22(20,21)13-5-2-1-3-6-13/h1-3,5-6,8,10-11H,4,7,9H2. The fourth-order valence-corrected chi connectivity index (χ4v) is 3.14. The first-order valence-electron chi connectivity index (χ1n) is 6.55. The van der Waals surface area contributed by atoms with Crippen molar-refractivity contribution in [3.8, 4) is 0 Å². The molecule has 0 aliphatic carbocycles. The molecule has 0 atom stereocenters. The van der Waals surface area contributed by atoms with Gasteiger partial charge in [-0.3, -0.25) is 14.9 Å². The lowest BCUT2D eigenvalue weighted by Gasteiger charge is -2.04. The van der Waals surface area contributed by atoms with Gasteiger partial charge in [0.15, 0.2) is 5.78 Å². The van der Waals surface area contributed by atoms with Crippen molar-refractivity contribution in [1.29, 1.82) is 0 Å². The maximum absolute atomic E-state index is 12.3. The topological polar surface area (TPSA) is 99.3 Å². The van der Waals surface area contributed by atoms with Crippen LogP contribution in [0, 0.1) is 10.1 Å². The summed E-state index contributed by atoms with van der Waals surface area (Å²) in [5.41, 5.74) is 0.225. The maximum Gasteiger partial charge on any atom is 0.267 e. The van der Waals surface area contributed by atoms with E-state index in [0.717, 1.165) is 3.97 Å². The Kier molecular flexibility index (Phi) is 4.71. The van der Waals surface area contributed by atoms with Gasteiger partial charge in [0, 0.05) is 35.7 Å². The van der Waals surface area contributed by atoms with Crippen molar-refractivity contribution in [1.82, 2.24) is 3.97 Å². The van der Waals surface area contributed by atoms with Gasteiger partial charge in [0.05, 0.1) is 4.90 Å². The van der Waals surface area contributed by atoms with Crippen LogP contribution >= 0.6 is 0 Å². The van der Waals surface area contributed by atoms with Crippen LogP contribution in [0.2, 0.25) is 0 Å². The molecule has 0 unspecified atom stereocenters. The fraction of sp³-hybridized carbons (Fsp3) is 0.214. The predicted octanol–water partition coefficient (Wildman–Crippen LogP) is 1.96. The lowest BCUT2D eigenvalue weighted by atomic mass is 10.1. The van der Waals surface area contributed by atoms with Gasteiger partial charge in [0.2, 0.25) is 6.54 Å². The highest BCUT2D eigenvalue weighted by Gasteiger charge is 2.18. The second kappa shape index (κ2) is 6.52. The highest BCUT2D eigenvalue weighted by Crippen LogP contribution is 2.15. The molecular weight excluding hydrogens is 308 g/mol. The number of carbonyl (C=O) groups excluding carboxylic acids is 1. The molecule has 0 N–H and O–H groups in total. The van der Waals surface area contributed by atoms with Gasteiger partial charge in [-0.2, -0.15) is 0 Å². The summed E-state index contributed by atoms with van der Waals surface area (Å²) in [5, 5.41) is 10.2. The minimum atomic E-state index is -3.73. The molecule has 0 aliphatic heterocycles. The van der Waals surface area contributed by atoms with Crippen molar-refractivity contribution >= 4 is 15.8 Å². The number of hydrogen-bond acceptors (Lipinski definition) is 5. The number of carbonyl (C=O) groups is 1. The summed E-state index contributed by atoms with van der Waals surface area (Å²) in [4.78, 5) is 21.7. The SMILES string of the molecule is O=C(CCC[N+](=O)[O-])c1ccn(S(=O)(=O)c2ccccc2)c1. The smallest absolute Gasteiger partial charge is 0.267 e. The molecule has 1 heterocycles. The Morgan fingerprint density at radius 1 is 1.18 bits per heavy atom. The predicted molar refractivity (Wildman–Crippen MR) is 78.9 cm³/mol. The molecule has 0 aliphatic rings. The van der Waals surface area contributed by atoms with Crippen molar-refractivity contribution in [3.05, 3.63) is 64.5 Å². The van der Waals surface area contributed by atoms with Crippen LogP contribution < -0.4 is 0 Å². The Balaban J connectivity index is 2.14. The Hall–Kier alpha value is -2.48. The molecule has 0 fully saturated rings. The summed E-state index contributed by atoms with van der Waals surface area (Å²) >= 11 is 0. The molecule has 0 saturated carbocycles. The van der Waals surface area contributed by atoms with Crippen LogP contribution in [0.3, 0.4) is 0 Å². The molecule has 8 heteroatoms. The number of aromatic nitrogens is 1. The minimum Gasteiger partial charge on any atom is -0.294 e. The minimum absolute atomic E-state index is 0.0103. The van der Waals surface area contributed by atoms with Crippen molar-refractivity contribution in [2.75, 3.05) is 6.54 Å². The van der Waals surface area contributed by atoms with Crippen LogP contribution in [0.4, 0.5) is 0 Å². The molecule has 2 aromatic rings. The summed E-state index contributed by atoms with van der Waals surface area (Å²) in [5.74, 6) is -0.316. The van der Waals surface area contributed by atoms with E-state index in [0.29, 0.717) is 0 Å². The lowest BCUT2D eigenvalue weighted by molar-refractivity contribution is -0.480. The molecular formula is C14H14N2O5S. The molecule has 0 saturated heterocycles. The number of rotatable bonds is 7. The van der Waals surface area contributed by atoms with Gasteiger partial charge in [-0.15, -0.1) is 0 Å². The lowest BCUT2D eigenvalue weighted by Crippen LogP contribution is -2.11. The molecule has 0 spiro atoms. The number of hydrogen-bond donors (Lipinski definition) is 0. The monoisotopic (exact) mass is 322 g/mol. The van der Waals surface area contributed by atoms with Crippen molar-refractivity contribution in [3.63, 3.8) is 0 Å². The summed E-state index contributed by atoms with van der Waals surface area (Å²) in [6, 6.07) is 9.26. The molecule has 1 aromatic carbocycles. The van der Waals surface area contributed by atoms with Gasteiger partial charge in [-0.25, -0.2) is 12.4 Å². The van der Waals surface area contributed by atoms with E-state index in [1.165, 1.54) is 30.6 Å².